The molecule has 1 aliphatic carbocycles. The standard InChI is InChI=1S/C16H23ClN2O3/c1-22-15-7-3-5-13(17)12(15)10-18-16(21)19-14-6-2-4-11(14)8-9-20/h3,5,7,11,14,20H,2,4,6,8-10H2,1H3,(H2,18,19,21)/t11-,14+/m0/s1. The van der Waals surface area contributed by atoms with Crippen LogP contribution in [0.5, 0.6) is 5.75 Å². The number of amides is 2. The molecule has 1 saturated carbocycles. The van der Waals surface area contributed by atoms with E-state index in [0.717, 1.165) is 31.2 Å². The second-order valence-electron chi connectivity index (χ2n) is 5.56. The van der Waals surface area contributed by atoms with Crippen molar-refractivity contribution in [1.29, 1.82) is 0 Å². The van der Waals surface area contributed by atoms with E-state index in [0.29, 0.717) is 23.2 Å². The number of aliphatic hydroxyl groups excluding tert-OH is 1. The average molecular weight is 327 g/mol. The summed E-state index contributed by atoms with van der Waals surface area (Å²) in [5.41, 5.74) is 0.764. The number of rotatable bonds is 6. The minimum atomic E-state index is -0.211. The molecule has 0 radical (unpaired) electrons. The van der Waals surface area contributed by atoms with E-state index in [4.69, 9.17) is 21.4 Å². The molecule has 2 atom stereocenters. The lowest BCUT2D eigenvalue weighted by Crippen LogP contribution is -2.43. The van der Waals surface area contributed by atoms with Crippen molar-refractivity contribution < 1.29 is 14.6 Å². The molecule has 1 aromatic carbocycles. The molecule has 0 saturated heterocycles. The first-order chi connectivity index (χ1) is 10.7. The zero-order chi connectivity index (χ0) is 15.9. The Hall–Kier alpha value is -1.46. The second kappa shape index (κ2) is 8.25. The molecular formula is C16H23ClN2O3. The van der Waals surface area contributed by atoms with E-state index in [1.165, 1.54) is 0 Å². The number of halogens is 1. The highest BCUT2D eigenvalue weighted by Gasteiger charge is 2.27. The topological polar surface area (TPSA) is 70.6 Å². The first-order valence-corrected chi connectivity index (χ1v) is 8.00. The van der Waals surface area contributed by atoms with Crippen molar-refractivity contribution in [2.24, 2.45) is 5.92 Å². The Morgan fingerprint density at radius 3 is 3.00 bits per heavy atom. The Labute approximate surface area is 136 Å². The van der Waals surface area contributed by atoms with Crippen LogP contribution in [0, 0.1) is 5.92 Å². The molecule has 0 bridgehead atoms. The molecule has 22 heavy (non-hydrogen) atoms. The van der Waals surface area contributed by atoms with E-state index in [-0.39, 0.29) is 18.7 Å². The van der Waals surface area contributed by atoms with Crippen molar-refractivity contribution in [1.82, 2.24) is 10.6 Å². The molecule has 1 aliphatic rings. The van der Waals surface area contributed by atoms with Crippen LogP contribution >= 0.6 is 11.6 Å². The fourth-order valence-corrected chi connectivity index (χ4v) is 3.26. The molecule has 122 valence electrons. The van der Waals surface area contributed by atoms with Crippen molar-refractivity contribution in [2.75, 3.05) is 13.7 Å². The van der Waals surface area contributed by atoms with Gasteiger partial charge in [0.1, 0.15) is 5.75 Å². The largest absolute Gasteiger partial charge is 0.496 e. The van der Waals surface area contributed by atoms with Crippen LogP contribution in [0.2, 0.25) is 5.02 Å². The summed E-state index contributed by atoms with van der Waals surface area (Å²) in [5.74, 6) is 1.03. The summed E-state index contributed by atoms with van der Waals surface area (Å²) in [6.07, 6.45) is 3.86. The molecule has 0 aliphatic heterocycles. The molecule has 2 rings (SSSR count). The van der Waals surface area contributed by atoms with Crippen molar-refractivity contribution in [3.05, 3.63) is 28.8 Å². The van der Waals surface area contributed by atoms with Gasteiger partial charge in [0.2, 0.25) is 0 Å². The highest BCUT2D eigenvalue weighted by Crippen LogP contribution is 2.28. The molecule has 0 spiro atoms. The summed E-state index contributed by atoms with van der Waals surface area (Å²) in [5, 5.41) is 15.5. The summed E-state index contributed by atoms with van der Waals surface area (Å²) >= 11 is 6.15. The number of hydrogen-bond acceptors (Lipinski definition) is 3. The molecule has 5 nitrogen and oxygen atoms in total. The third-order valence-corrected chi connectivity index (χ3v) is 4.55. The van der Waals surface area contributed by atoms with Crippen LogP contribution in [0.15, 0.2) is 18.2 Å². The van der Waals surface area contributed by atoms with Gasteiger partial charge >= 0.3 is 6.03 Å². The smallest absolute Gasteiger partial charge is 0.315 e. The molecule has 1 aromatic rings. The molecule has 6 heteroatoms. The number of benzene rings is 1. The fraction of sp³-hybridized carbons (Fsp3) is 0.562. The number of nitrogens with one attached hydrogen (secondary N) is 2. The third kappa shape index (κ3) is 4.27. The van der Waals surface area contributed by atoms with Crippen molar-refractivity contribution >= 4 is 17.6 Å². The number of aliphatic hydroxyl groups is 1. The van der Waals surface area contributed by atoms with Gasteiger partial charge in [-0.15, -0.1) is 0 Å². The number of urea groups is 1. The van der Waals surface area contributed by atoms with Gasteiger partial charge in [0.25, 0.3) is 0 Å². The molecule has 0 unspecified atom stereocenters. The molecule has 3 N–H and O–H groups in total. The van der Waals surface area contributed by atoms with Crippen LogP contribution in [0.3, 0.4) is 0 Å². The van der Waals surface area contributed by atoms with Gasteiger partial charge in [0.15, 0.2) is 0 Å². The SMILES string of the molecule is COc1cccc(Cl)c1CNC(=O)N[C@@H]1CCC[C@H]1CCO. The normalized spacial score (nSPS) is 20.7. The van der Waals surface area contributed by atoms with Crippen LogP contribution < -0.4 is 15.4 Å². The van der Waals surface area contributed by atoms with Gasteiger partial charge in [-0.2, -0.15) is 0 Å². The first kappa shape index (κ1) is 16.9. The Kier molecular flexibility index (Phi) is 6.34. The molecule has 0 heterocycles. The van der Waals surface area contributed by atoms with Gasteiger partial charge in [-0.25, -0.2) is 4.79 Å². The molecular weight excluding hydrogens is 304 g/mol. The molecule has 1 fully saturated rings. The molecule has 0 aromatic heterocycles. The van der Waals surface area contributed by atoms with E-state index in [2.05, 4.69) is 10.6 Å². The lowest BCUT2D eigenvalue weighted by atomic mass is 10.0. The average Bonchev–Trinajstić information content (AvgIpc) is 2.93. The summed E-state index contributed by atoms with van der Waals surface area (Å²) in [7, 11) is 1.58. The Bertz CT molecular complexity index is 510. The quantitative estimate of drug-likeness (QED) is 0.752. The van der Waals surface area contributed by atoms with Crippen LogP contribution in [0.1, 0.15) is 31.2 Å². The Morgan fingerprint density at radius 2 is 2.27 bits per heavy atom. The van der Waals surface area contributed by atoms with Gasteiger partial charge in [0.05, 0.1) is 7.11 Å². The van der Waals surface area contributed by atoms with Crippen LogP contribution in [0.4, 0.5) is 4.79 Å². The van der Waals surface area contributed by atoms with Crippen molar-refractivity contribution in [2.45, 2.75) is 38.3 Å². The van der Waals surface area contributed by atoms with E-state index >= 15 is 0 Å². The van der Waals surface area contributed by atoms with Crippen LogP contribution in [0.25, 0.3) is 0 Å². The maximum Gasteiger partial charge on any atom is 0.315 e. The second-order valence-corrected chi connectivity index (χ2v) is 5.96. The monoisotopic (exact) mass is 326 g/mol. The maximum absolute atomic E-state index is 12.1. The predicted octanol–water partition coefficient (Wildman–Crippen LogP) is 2.70. The van der Waals surface area contributed by atoms with Gasteiger partial charge < -0.3 is 20.5 Å². The first-order valence-electron chi connectivity index (χ1n) is 7.62. The van der Waals surface area contributed by atoms with Crippen molar-refractivity contribution in [3.8, 4) is 5.75 Å². The maximum atomic E-state index is 12.1. The van der Waals surface area contributed by atoms with Gasteiger partial charge in [0, 0.05) is 29.8 Å². The van der Waals surface area contributed by atoms with E-state index in [9.17, 15) is 4.79 Å². The summed E-state index contributed by atoms with van der Waals surface area (Å²) in [4.78, 5) is 12.1. The van der Waals surface area contributed by atoms with Gasteiger partial charge in [-0.1, -0.05) is 24.1 Å². The third-order valence-electron chi connectivity index (χ3n) is 4.20. The zero-order valence-corrected chi connectivity index (χ0v) is 13.5. The highest BCUT2D eigenvalue weighted by molar-refractivity contribution is 6.31. The van der Waals surface area contributed by atoms with Gasteiger partial charge in [-0.3, -0.25) is 0 Å². The zero-order valence-electron chi connectivity index (χ0n) is 12.8. The summed E-state index contributed by atoms with van der Waals surface area (Å²) < 4.78 is 5.26. The number of carbonyl (C=O) groups excluding carboxylic acids is 1. The number of hydrogen-bond donors (Lipinski definition) is 3. The van der Waals surface area contributed by atoms with Crippen LogP contribution in [-0.4, -0.2) is 30.9 Å². The van der Waals surface area contributed by atoms with Crippen molar-refractivity contribution in [3.63, 3.8) is 0 Å². The van der Waals surface area contributed by atoms with E-state index in [1.54, 1.807) is 13.2 Å². The van der Waals surface area contributed by atoms with E-state index in [1.807, 2.05) is 12.1 Å². The minimum Gasteiger partial charge on any atom is -0.496 e. The summed E-state index contributed by atoms with van der Waals surface area (Å²) in [6, 6.07) is 5.32. The molecule has 2 amide bonds. The minimum absolute atomic E-state index is 0.139. The predicted molar refractivity (Wildman–Crippen MR) is 86.2 cm³/mol. The Balaban J connectivity index is 1.88. The Morgan fingerprint density at radius 1 is 1.45 bits per heavy atom. The fourth-order valence-electron chi connectivity index (χ4n) is 3.03. The number of methoxy groups -OCH3 is 1. The number of ether oxygens (including phenoxy) is 1. The van der Waals surface area contributed by atoms with Gasteiger partial charge in [-0.05, 0) is 37.3 Å². The summed E-state index contributed by atoms with van der Waals surface area (Å²) in [6.45, 7) is 0.480. The van der Waals surface area contributed by atoms with Crippen LogP contribution in [-0.2, 0) is 6.54 Å². The lowest BCUT2D eigenvalue weighted by molar-refractivity contribution is 0.221. The van der Waals surface area contributed by atoms with E-state index < -0.39 is 0 Å². The number of carbonyl (C=O) groups is 1. The highest BCUT2D eigenvalue weighted by atomic mass is 35.5. The lowest BCUT2D eigenvalue weighted by Gasteiger charge is -2.20.